The molecule has 18 heavy (non-hydrogen) atoms. The van der Waals surface area contributed by atoms with Gasteiger partial charge in [0.15, 0.2) is 0 Å². The van der Waals surface area contributed by atoms with Gasteiger partial charge in [0.2, 0.25) is 6.08 Å². The van der Waals surface area contributed by atoms with Crippen molar-refractivity contribution in [3.8, 4) is 0 Å². The summed E-state index contributed by atoms with van der Waals surface area (Å²) in [5, 5.41) is 0. The molecule has 1 aliphatic carbocycles. The Morgan fingerprint density at radius 1 is 1.44 bits per heavy atom. The Labute approximate surface area is 108 Å². The quantitative estimate of drug-likeness (QED) is 0.591. The van der Waals surface area contributed by atoms with Gasteiger partial charge in [-0.25, -0.2) is 4.79 Å². The molecule has 1 aliphatic rings. The highest BCUT2D eigenvalue weighted by molar-refractivity contribution is 5.43. The smallest absolute Gasteiger partial charge is 0.235 e. The first kappa shape index (κ1) is 13.0. The van der Waals surface area contributed by atoms with E-state index in [-0.39, 0.29) is 11.0 Å². The van der Waals surface area contributed by atoms with Crippen LogP contribution in [0.1, 0.15) is 37.8 Å². The molecule has 0 aliphatic heterocycles. The predicted octanol–water partition coefficient (Wildman–Crippen LogP) is 2.94. The first-order valence-electron chi connectivity index (χ1n) is 6.23. The minimum atomic E-state index is -0.291. The van der Waals surface area contributed by atoms with Gasteiger partial charge in [-0.2, -0.15) is 4.99 Å². The number of benzene rings is 1. The second-order valence-electron chi connectivity index (χ2n) is 5.63. The fourth-order valence-corrected chi connectivity index (χ4v) is 2.34. The Bertz CT molecular complexity index is 483. The molecule has 1 aromatic rings. The summed E-state index contributed by atoms with van der Waals surface area (Å²) in [7, 11) is 1.71. The standard InChI is InChI=1S/C15H19NO2/c1-14(2,10-18-3)12-5-4-6-13(9-12)15(7-8-15)16-11-17/h4-6,9H,7-8,10H2,1-3H3. The third-order valence-corrected chi connectivity index (χ3v) is 3.67. The molecule has 0 amide bonds. The first-order chi connectivity index (χ1) is 8.54. The van der Waals surface area contributed by atoms with Crippen LogP contribution in [-0.2, 0) is 20.5 Å². The average molecular weight is 245 g/mol. The van der Waals surface area contributed by atoms with Crippen molar-refractivity contribution < 1.29 is 9.53 Å². The largest absolute Gasteiger partial charge is 0.384 e. The number of hydrogen-bond acceptors (Lipinski definition) is 3. The molecule has 0 aromatic heterocycles. The van der Waals surface area contributed by atoms with Gasteiger partial charge in [0.25, 0.3) is 0 Å². The molecule has 0 atom stereocenters. The Balaban J connectivity index is 2.34. The van der Waals surface area contributed by atoms with Gasteiger partial charge < -0.3 is 4.74 Å². The van der Waals surface area contributed by atoms with Crippen LogP contribution in [0.3, 0.4) is 0 Å². The lowest BCUT2D eigenvalue weighted by Gasteiger charge is -2.25. The maximum absolute atomic E-state index is 10.5. The maximum Gasteiger partial charge on any atom is 0.235 e. The van der Waals surface area contributed by atoms with Crippen molar-refractivity contribution in [1.82, 2.24) is 0 Å². The van der Waals surface area contributed by atoms with E-state index in [2.05, 4.69) is 31.0 Å². The highest BCUT2D eigenvalue weighted by Crippen LogP contribution is 2.49. The number of isocyanates is 1. The average Bonchev–Trinajstić information content (AvgIpc) is 3.11. The molecule has 2 rings (SSSR count). The van der Waals surface area contributed by atoms with E-state index in [1.807, 2.05) is 12.1 Å². The normalized spacial score (nSPS) is 17.1. The molecule has 1 fully saturated rings. The highest BCUT2D eigenvalue weighted by atomic mass is 16.5. The summed E-state index contributed by atoms with van der Waals surface area (Å²) in [5.74, 6) is 0. The van der Waals surface area contributed by atoms with Crippen molar-refractivity contribution in [1.29, 1.82) is 0 Å². The molecule has 0 radical (unpaired) electrons. The molecule has 0 saturated heterocycles. The van der Waals surface area contributed by atoms with Crippen molar-refractivity contribution in [2.75, 3.05) is 13.7 Å². The maximum atomic E-state index is 10.5. The molecule has 1 aromatic carbocycles. The number of hydrogen-bond donors (Lipinski definition) is 0. The highest BCUT2D eigenvalue weighted by Gasteiger charge is 2.45. The van der Waals surface area contributed by atoms with Crippen LogP contribution in [0.15, 0.2) is 29.3 Å². The molecule has 0 unspecified atom stereocenters. The van der Waals surface area contributed by atoms with Crippen molar-refractivity contribution in [3.63, 3.8) is 0 Å². The Kier molecular flexibility index (Phi) is 3.38. The molecule has 96 valence electrons. The summed E-state index contributed by atoms with van der Waals surface area (Å²) in [6.45, 7) is 4.97. The minimum absolute atomic E-state index is 0.0360. The zero-order valence-electron chi connectivity index (χ0n) is 11.2. The van der Waals surface area contributed by atoms with E-state index in [9.17, 15) is 4.79 Å². The molecule has 3 heteroatoms. The summed E-state index contributed by atoms with van der Waals surface area (Å²) in [4.78, 5) is 14.5. The molecule has 0 N–H and O–H groups in total. The fourth-order valence-electron chi connectivity index (χ4n) is 2.34. The van der Waals surface area contributed by atoms with Gasteiger partial charge in [0, 0.05) is 12.5 Å². The summed E-state index contributed by atoms with van der Waals surface area (Å²) in [6.07, 6.45) is 3.58. The summed E-state index contributed by atoms with van der Waals surface area (Å²) in [5.41, 5.74) is 2.01. The van der Waals surface area contributed by atoms with E-state index in [4.69, 9.17) is 4.74 Å². The molecule has 0 bridgehead atoms. The third-order valence-electron chi connectivity index (χ3n) is 3.67. The van der Waals surface area contributed by atoms with E-state index in [1.54, 1.807) is 13.2 Å². The molecular formula is C15H19NO2. The zero-order valence-corrected chi connectivity index (χ0v) is 11.2. The van der Waals surface area contributed by atoms with Crippen molar-refractivity contribution in [2.24, 2.45) is 4.99 Å². The van der Waals surface area contributed by atoms with E-state index in [0.717, 1.165) is 18.4 Å². The number of carbonyl (C=O) groups excluding carboxylic acids is 1. The Hall–Kier alpha value is -1.44. The number of nitrogens with zero attached hydrogens (tertiary/aromatic N) is 1. The van der Waals surface area contributed by atoms with Gasteiger partial charge in [-0.1, -0.05) is 38.1 Å². The fraction of sp³-hybridized carbons (Fsp3) is 0.533. The van der Waals surface area contributed by atoms with Crippen LogP contribution in [0, 0.1) is 0 Å². The van der Waals surface area contributed by atoms with Crippen LogP contribution >= 0.6 is 0 Å². The zero-order chi connectivity index (χ0) is 13.2. The summed E-state index contributed by atoms with van der Waals surface area (Å²) >= 11 is 0. The molecule has 0 spiro atoms. The number of rotatable bonds is 5. The minimum Gasteiger partial charge on any atom is -0.384 e. The predicted molar refractivity (Wildman–Crippen MR) is 70.4 cm³/mol. The van der Waals surface area contributed by atoms with Crippen LogP contribution in [-0.4, -0.2) is 19.8 Å². The van der Waals surface area contributed by atoms with Gasteiger partial charge in [-0.3, -0.25) is 0 Å². The summed E-state index contributed by atoms with van der Waals surface area (Å²) in [6, 6.07) is 8.32. The molecule has 1 saturated carbocycles. The second kappa shape index (κ2) is 4.68. The number of ether oxygens (including phenoxy) is 1. The lowest BCUT2D eigenvalue weighted by atomic mass is 9.84. The van der Waals surface area contributed by atoms with Crippen LogP contribution in [0.25, 0.3) is 0 Å². The van der Waals surface area contributed by atoms with Crippen molar-refractivity contribution in [3.05, 3.63) is 35.4 Å². The SMILES string of the molecule is COCC(C)(C)c1cccc(C2(N=C=O)CC2)c1. The summed E-state index contributed by atoms with van der Waals surface area (Å²) < 4.78 is 5.26. The van der Waals surface area contributed by atoms with Crippen LogP contribution in [0.4, 0.5) is 0 Å². The van der Waals surface area contributed by atoms with Gasteiger partial charge in [-0.15, -0.1) is 0 Å². The topological polar surface area (TPSA) is 38.7 Å². The Morgan fingerprint density at radius 3 is 2.72 bits per heavy atom. The van der Waals surface area contributed by atoms with E-state index in [0.29, 0.717) is 6.61 Å². The van der Waals surface area contributed by atoms with E-state index >= 15 is 0 Å². The van der Waals surface area contributed by atoms with Gasteiger partial charge in [0.05, 0.1) is 12.1 Å². The van der Waals surface area contributed by atoms with Gasteiger partial charge in [-0.05, 0) is 24.0 Å². The van der Waals surface area contributed by atoms with E-state index < -0.39 is 0 Å². The Morgan fingerprint density at radius 2 is 2.17 bits per heavy atom. The second-order valence-corrected chi connectivity index (χ2v) is 5.63. The first-order valence-corrected chi connectivity index (χ1v) is 6.23. The lowest BCUT2D eigenvalue weighted by molar-refractivity contribution is 0.146. The third kappa shape index (κ3) is 2.38. The van der Waals surface area contributed by atoms with E-state index in [1.165, 1.54) is 5.56 Å². The molecule has 3 nitrogen and oxygen atoms in total. The number of aliphatic imine (C=N–C) groups is 1. The van der Waals surface area contributed by atoms with Crippen LogP contribution in [0.2, 0.25) is 0 Å². The van der Waals surface area contributed by atoms with Crippen LogP contribution < -0.4 is 0 Å². The van der Waals surface area contributed by atoms with Gasteiger partial charge in [0.1, 0.15) is 0 Å². The van der Waals surface area contributed by atoms with Crippen LogP contribution in [0.5, 0.6) is 0 Å². The monoisotopic (exact) mass is 245 g/mol. The van der Waals surface area contributed by atoms with Gasteiger partial charge >= 0.3 is 0 Å². The van der Waals surface area contributed by atoms with Crippen molar-refractivity contribution in [2.45, 2.75) is 37.6 Å². The number of methoxy groups -OCH3 is 1. The van der Waals surface area contributed by atoms with Crippen molar-refractivity contribution >= 4 is 6.08 Å². The molecular weight excluding hydrogens is 226 g/mol. The molecule has 0 heterocycles. The lowest BCUT2D eigenvalue weighted by Crippen LogP contribution is -2.24.